The lowest BCUT2D eigenvalue weighted by Gasteiger charge is -2.32. The van der Waals surface area contributed by atoms with Crippen molar-refractivity contribution in [1.82, 2.24) is 0 Å². The molecule has 4 aromatic carbocycles. The molecule has 0 heterocycles. The standard InChI is InChI=1S/C32H24Cl3FN2O5/c1-43-32(42)20-4-11-24(12-5-20)37-28(39)16-17-29(40)38(25-13-8-22(34)9-14-25)30(26-15-10-23(36)18-27(26)35)31(41)19-2-6-21(33)7-3-19/h2-15,18,30H,16-17H2,1H3,(H,37,39). The molecule has 0 aliphatic rings. The van der Waals surface area contributed by atoms with Crippen molar-refractivity contribution in [2.75, 3.05) is 17.3 Å². The van der Waals surface area contributed by atoms with Gasteiger partial charge >= 0.3 is 5.97 Å². The SMILES string of the molecule is COC(=O)c1ccc(NC(=O)CCC(=O)N(c2ccc(Cl)cc2)C(C(=O)c2ccc(Cl)cc2)c2ccc(F)cc2Cl)cc1. The summed E-state index contributed by atoms with van der Waals surface area (Å²) in [5, 5.41) is 3.42. The first kappa shape index (κ1) is 31.7. The summed E-state index contributed by atoms with van der Waals surface area (Å²) < 4.78 is 18.7. The number of ketones is 1. The van der Waals surface area contributed by atoms with E-state index >= 15 is 0 Å². The predicted molar refractivity (Wildman–Crippen MR) is 165 cm³/mol. The lowest BCUT2D eigenvalue weighted by atomic mass is 9.94. The van der Waals surface area contributed by atoms with Crippen LogP contribution < -0.4 is 10.2 Å². The van der Waals surface area contributed by atoms with Gasteiger partial charge in [0.15, 0.2) is 5.78 Å². The van der Waals surface area contributed by atoms with Crippen LogP contribution in [-0.4, -0.2) is 30.7 Å². The molecular formula is C32H24Cl3FN2O5. The van der Waals surface area contributed by atoms with E-state index in [0.29, 0.717) is 27.0 Å². The first-order valence-corrected chi connectivity index (χ1v) is 14.0. The zero-order chi connectivity index (χ0) is 31.1. The molecule has 1 atom stereocenters. The molecule has 0 fully saturated rings. The number of hydrogen-bond acceptors (Lipinski definition) is 5. The number of esters is 1. The van der Waals surface area contributed by atoms with Gasteiger partial charge in [-0.2, -0.15) is 0 Å². The highest BCUT2D eigenvalue weighted by Crippen LogP contribution is 2.36. The van der Waals surface area contributed by atoms with E-state index in [2.05, 4.69) is 10.1 Å². The van der Waals surface area contributed by atoms with Gasteiger partial charge in [0.25, 0.3) is 0 Å². The average Bonchev–Trinajstić information content (AvgIpc) is 3.00. The van der Waals surface area contributed by atoms with E-state index in [-0.39, 0.29) is 29.0 Å². The van der Waals surface area contributed by atoms with E-state index in [1.165, 1.54) is 66.6 Å². The highest BCUT2D eigenvalue weighted by atomic mass is 35.5. The molecule has 1 unspecified atom stereocenters. The summed E-state index contributed by atoms with van der Waals surface area (Å²) in [6, 6.07) is 20.6. The van der Waals surface area contributed by atoms with Gasteiger partial charge in [-0.25, -0.2) is 9.18 Å². The van der Waals surface area contributed by atoms with Crippen molar-refractivity contribution < 1.29 is 28.3 Å². The van der Waals surface area contributed by atoms with Crippen molar-refractivity contribution in [1.29, 1.82) is 0 Å². The molecule has 0 aromatic heterocycles. The summed E-state index contributed by atoms with van der Waals surface area (Å²) >= 11 is 18.6. The van der Waals surface area contributed by atoms with Crippen molar-refractivity contribution >= 4 is 69.7 Å². The van der Waals surface area contributed by atoms with Crippen LogP contribution in [0.25, 0.3) is 0 Å². The molecule has 2 amide bonds. The number of nitrogens with zero attached hydrogens (tertiary/aromatic N) is 1. The van der Waals surface area contributed by atoms with Crippen molar-refractivity contribution in [3.8, 4) is 0 Å². The lowest BCUT2D eigenvalue weighted by Crippen LogP contribution is -2.40. The molecular weight excluding hydrogens is 618 g/mol. The zero-order valence-electron chi connectivity index (χ0n) is 22.7. The fourth-order valence-corrected chi connectivity index (χ4v) is 4.83. The van der Waals surface area contributed by atoms with E-state index in [4.69, 9.17) is 34.8 Å². The second-order valence-corrected chi connectivity index (χ2v) is 10.6. The van der Waals surface area contributed by atoms with Gasteiger partial charge in [-0.05, 0) is 84.9 Å². The minimum atomic E-state index is -1.32. The van der Waals surface area contributed by atoms with Gasteiger partial charge in [0.2, 0.25) is 11.8 Å². The quantitative estimate of drug-likeness (QED) is 0.140. The normalized spacial score (nSPS) is 11.4. The number of anilines is 2. The van der Waals surface area contributed by atoms with Crippen LogP contribution in [0.15, 0.2) is 91.0 Å². The number of benzene rings is 4. The van der Waals surface area contributed by atoms with Gasteiger partial charge in [-0.1, -0.05) is 40.9 Å². The Morgan fingerprint density at radius 2 is 1.37 bits per heavy atom. The third kappa shape index (κ3) is 7.99. The van der Waals surface area contributed by atoms with Gasteiger partial charge < -0.3 is 10.1 Å². The number of nitrogens with one attached hydrogen (secondary N) is 1. The maximum Gasteiger partial charge on any atom is 0.337 e. The van der Waals surface area contributed by atoms with E-state index in [1.807, 2.05) is 0 Å². The van der Waals surface area contributed by atoms with Crippen LogP contribution in [-0.2, 0) is 14.3 Å². The number of amides is 2. The van der Waals surface area contributed by atoms with Gasteiger partial charge in [0.05, 0.1) is 12.7 Å². The Kier molecular flexibility index (Phi) is 10.5. The summed E-state index contributed by atoms with van der Waals surface area (Å²) in [6.07, 6.45) is -0.529. The summed E-state index contributed by atoms with van der Waals surface area (Å²) in [4.78, 5) is 53.6. The van der Waals surface area contributed by atoms with Gasteiger partial charge in [-0.15, -0.1) is 0 Å². The molecule has 4 aromatic rings. The van der Waals surface area contributed by atoms with Crippen LogP contribution in [0.4, 0.5) is 15.8 Å². The third-order valence-electron chi connectivity index (χ3n) is 6.42. The van der Waals surface area contributed by atoms with Crippen molar-refractivity contribution in [2.24, 2.45) is 0 Å². The second kappa shape index (κ2) is 14.3. The molecule has 0 aliphatic heterocycles. The number of carbonyl (C=O) groups excluding carboxylic acids is 4. The molecule has 1 N–H and O–H groups in total. The number of halogens is 4. The highest BCUT2D eigenvalue weighted by Gasteiger charge is 2.35. The minimum absolute atomic E-state index is 0.0628. The molecule has 4 rings (SSSR count). The summed E-state index contributed by atoms with van der Waals surface area (Å²) in [5.41, 5.74) is 1.44. The van der Waals surface area contributed by atoms with E-state index in [0.717, 1.165) is 12.1 Å². The Morgan fingerprint density at radius 3 is 1.95 bits per heavy atom. The molecule has 0 saturated carbocycles. The molecule has 11 heteroatoms. The van der Waals surface area contributed by atoms with Crippen molar-refractivity contribution in [2.45, 2.75) is 18.9 Å². The summed E-state index contributed by atoms with van der Waals surface area (Å²) in [5.74, 6) is -2.70. The first-order valence-electron chi connectivity index (χ1n) is 12.9. The Hall–Kier alpha value is -4.24. The predicted octanol–water partition coefficient (Wildman–Crippen LogP) is 7.95. The summed E-state index contributed by atoms with van der Waals surface area (Å²) in [7, 11) is 1.26. The maximum absolute atomic E-state index is 14.0. The fraction of sp³-hybridized carbons (Fsp3) is 0.125. The number of methoxy groups -OCH3 is 1. The van der Waals surface area contributed by atoms with E-state index < -0.39 is 35.4 Å². The number of carbonyl (C=O) groups is 4. The van der Waals surface area contributed by atoms with Crippen LogP contribution in [0.5, 0.6) is 0 Å². The molecule has 0 bridgehead atoms. The Labute approximate surface area is 262 Å². The smallest absolute Gasteiger partial charge is 0.337 e. The van der Waals surface area contributed by atoms with Crippen LogP contribution in [0.1, 0.15) is 45.2 Å². The highest BCUT2D eigenvalue weighted by molar-refractivity contribution is 6.32. The number of Topliss-reactive ketones (excluding diaryl/α,β-unsaturated/α-hetero) is 1. The van der Waals surface area contributed by atoms with Crippen molar-refractivity contribution in [3.05, 3.63) is 129 Å². The molecule has 0 aliphatic carbocycles. The first-order chi connectivity index (χ1) is 20.6. The maximum atomic E-state index is 14.0. The van der Waals surface area contributed by atoms with Crippen LogP contribution >= 0.6 is 34.8 Å². The van der Waals surface area contributed by atoms with Gasteiger partial charge in [0.1, 0.15) is 11.9 Å². The topological polar surface area (TPSA) is 92.8 Å². The lowest BCUT2D eigenvalue weighted by molar-refractivity contribution is -0.122. The minimum Gasteiger partial charge on any atom is -0.465 e. The Morgan fingerprint density at radius 1 is 0.791 bits per heavy atom. The molecule has 7 nitrogen and oxygen atoms in total. The number of hydrogen-bond donors (Lipinski definition) is 1. The Balaban J connectivity index is 1.66. The van der Waals surface area contributed by atoms with E-state index in [9.17, 15) is 23.6 Å². The van der Waals surface area contributed by atoms with Crippen LogP contribution in [0.2, 0.25) is 15.1 Å². The monoisotopic (exact) mass is 640 g/mol. The Bertz CT molecular complexity index is 1650. The molecule has 0 saturated heterocycles. The van der Waals surface area contributed by atoms with E-state index in [1.54, 1.807) is 24.3 Å². The molecule has 0 spiro atoms. The molecule has 0 radical (unpaired) electrons. The van der Waals surface area contributed by atoms with Gasteiger partial charge in [0, 0.05) is 50.4 Å². The van der Waals surface area contributed by atoms with Crippen molar-refractivity contribution in [3.63, 3.8) is 0 Å². The number of ether oxygens (including phenoxy) is 1. The second-order valence-electron chi connectivity index (χ2n) is 9.30. The molecule has 43 heavy (non-hydrogen) atoms. The molecule has 220 valence electrons. The van der Waals surface area contributed by atoms with Crippen LogP contribution in [0, 0.1) is 5.82 Å². The van der Waals surface area contributed by atoms with Gasteiger partial charge in [-0.3, -0.25) is 19.3 Å². The number of rotatable bonds is 10. The summed E-state index contributed by atoms with van der Waals surface area (Å²) in [6.45, 7) is 0. The third-order valence-corrected chi connectivity index (χ3v) is 7.25. The average molecular weight is 642 g/mol. The zero-order valence-corrected chi connectivity index (χ0v) is 24.9. The largest absolute Gasteiger partial charge is 0.465 e. The van der Waals surface area contributed by atoms with Crippen LogP contribution in [0.3, 0.4) is 0 Å². The fourth-order valence-electron chi connectivity index (χ4n) is 4.30.